The summed E-state index contributed by atoms with van der Waals surface area (Å²) >= 11 is 0. The largest absolute Gasteiger partial charge is 0.382 e. The lowest BCUT2D eigenvalue weighted by Gasteiger charge is -2.08. The van der Waals surface area contributed by atoms with Crippen LogP contribution in [0.3, 0.4) is 0 Å². The standard InChI is InChI=1S/C23H22FN7O/c24-16-7-9-26-17(12-16)13-29-23(32)15-5-3-14(4-6-15)19-20-21(25)28-10-11-31(20)22(30-19)18-2-1-8-27-18/h3-7,9-12,18,27H,1-2,8,13H2,(H2,25,28)(H,29,32)/t18-/m0/s1. The van der Waals surface area contributed by atoms with E-state index in [2.05, 4.69) is 20.6 Å². The predicted molar refractivity (Wildman–Crippen MR) is 118 cm³/mol. The van der Waals surface area contributed by atoms with Gasteiger partial charge in [-0.15, -0.1) is 0 Å². The van der Waals surface area contributed by atoms with Crippen LogP contribution in [0.1, 0.15) is 40.8 Å². The predicted octanol–water partition coefficient (Wildman–Crippen LogP) is 2.87. The molecule has 3 aromatic heterocycles. The van der Waals surface area contributed by atoms with Gasteiger partial charge in [0.25, 0.3) is 5.91 Å². The highest BCUT2D eigenvalue weighted by atomic mass is 19.1. The summed E-state index contributed by atoms with van der Waals surface area (Å²) in [5, 5.41) is 6.23. The molecule has 4 N–H and O–H groups in total. The van der Waals surface area contributed by atoms with Crippen LogP contribution in [-0.4, -0.2) is 31.8 Å². The van der Waals surface area contributed by atoms with E-state index in [1.807, 2.05) is 22.7 Å². The number of nitrogens with one attached hydrogen (secondary N) is 2. The van der Waals surface area contributed by atoms with Crippen molar-refractivity contribution < 1.29 is 9.18 Å². The van der Waals surface area contributed by atoms with Crippen LogP contribution in [0, 0.1) is 5.82 Å². The molecule has 0 unspecified atom stereocenters. The van der Waals surface area contributed by atoms with E-state index < -0.39 is 0 Å². The van der Waals surface area contributed by atoms with Crippen molar-refractivity contribution in [1.82, 2.24) is 30.0 Å². The molecule has 4 heterocycles. The summed E-state index contributed by atoms with van der Waals surface area (Å²) in [5.41, 5.74) is 9.47. The van der Waals surface area contributed by atoms with Crippen molar-refractivity contribution in [1.29, 1.82) is 0 Å². The van der Waals surface area contributed by atoms with Gasteiger partial charge in [-0.25, -0.2) is 14.4 Å². The van der Waals surface area contributed by atoms with Gasteiger partial charge in [-0.05, 0) is 43.7 Å². The Morgan fingerprint density at radius 1 is 1.22 bits per heavy atom. The molecule has 5 rings (SSSR count). The summed E-state index contributed by atoms with van der Waals surface area (Å²) in [6, 6.07) is 9.87. The molecule has 9 heteroatoms. The van der Waals surface area contributed by atoms with Crippen molar-refractivity contribution in [3.8, 4) is 11.3 Å². The Morgan fingerprint density at radius 2 is 2.06 bits per heavy atom. The average Bonchev–Trinajstić information content (AvgIpc) is 3.46. The Labute approximate surface area is 183 Å². The Hall–Kier alpha value is -3.85. The first-order valence-electron chi connectivity index (χ1n) is 10.4. The third kappa shape index (κ3) is 3.78. The molecule has 0 aliphatic carbocycles. The van der Waals surface area contributed by atoms with E-state index in [1.54, 1.807) is 18.3 Å². The number of nitrogens with zero attached hydrogens (tertiary/aromatic N) is 4. The van der Waals surface area contributed by atoms with E-state index in [0.717, 1.165) is 42.0 Å². The van der Waals surface area contributed by atoms with Crippen LogP contribution in [0.2, 0.25) is 0 Å². The van der Waals surface area contributed by atoms with Crippen molar-refractivity contribution in [3.63, 3.8) is 0 Å². The molecule has 0 spiro atoms. The molecule has 1 saturated heterocycles. The molecule has 1 amide bonds. The molecule has 0 saturated carbocycles. The van der Waals surface area contributed by atoms with Gasteiger partial charge in [-0.2, -0.15) is 0 Å². The minimum Gasteiger partial charge on any atom is -0.382 e. The first-order chi connectivity index (χ1) is 15.6. The van der Waals surface area contributed by atoms with Gasteiger partial charge in [-0.3, -0.25) is 14.2 Å². The Morgan fingerprint density at radius 3 is 2.81 bits per heavy atom. The fraction of sp³-hybridized carbons (Fsp3) is 0.217. The van der Waals surface area contributed by atoms with Crippen LogP contribution >= 0.6 is 0 Å². The summed E-state index contributed by atoms with van der Waals surface area (Å²) < 4.78 is 15.3. The number of anilines is 1. The van der Waals surface area contributed by atoms with Gasteiger partial charge in [0.05, 0.1) is 18.3 Å². The van der Waals surface area contributed by atoms with Crippen molar-refractivity contribution in [2.45, 2.75) is 25.4 Å². The van der Waals surface area contributed by atoms with Crippen molar-refractivity contribution >= 4 is 17.2 Å². The molecule has 162 valence electrons. The first kappa shape index (κ1) is 20.1. The minimum absolute atomic E-state index is 0.143. The molecule has 0 bridgehead atoms. The highest BCUT2D eigenvalue weighted by Crippen LogP contribution is 2.32. The van der Waals surface area contributed by atoms with Gasteiger partial charge in [-0.1, -0.05) is 12.1 Å². The number of nitrogen functional groups attached to an aromatic ring is 1. The van der Waals surface area contributed by atoms with Crippen LogP contribution < -0.4 is 16.4 Å². The second-order valence-electron chi connectivity index (χ2n) is 7.72. The number of fused-ring (bicyclic) bond motifs is 1. The normalized spacial score (nSPS) is 15.8. The maximum Gasteiger partial charge on any atom is 0.251 e. The van der Waals surface area contributed by atoms with Gasteiger partial charge in [0.2, 0.25) is 0 Å². The number of amides is 1. The van der Waals surface area contributed by atoms with E-state index in [-0.39, 0.29) is 24.3 Å². The molecule has 1 aliphatic heterocycles. The zero-order chi connectivity index (χ0) is 22.1. The monoisotopic (exact) mass is 431 g/mol. The van der Waals surface area contributed by atoms with Crippen LogP contribution in [-0.2, 0) is 6.54 Å². The number of hydrogen-bond donors (Lipinski definition) is 3. The van der Waals surface area contributed by atoms with E-state index in [1.165, 1.54) is 18.3 Å². The van der Waals surface area contributed by atoms with E-state index in [0.29, 0.717) is 17.1 Å². The summed E-state index contributed by atoms with van der Waals surface area (Å²) in [5.74, 6) is 0.658. The topological polar surface area (TPSA) is 110 Å². The number of halogens is 1. The summed E-state index contributed by atoms with van der Waals surface area (Å²) in [4.78, 5) is 25.7. The van der Waals surface area contributed by atoms with Crippen LogP contribution in [0.15, 0.2) is 55.0 Å². The van der Waals surface area contributed by atoms with Gasteiger partial charge < -0.3 is 16.4 Å². The second kappa shape index (κ2) is 8.35. The number of pyridine rings is 1. The fourth-order valence-corrected chi connectivity index (χ4v) is 4.04. The van der Waals surface area contributed by atoms with Gasteiger partial charge >= 0.3 is 0 Å². The molecular weight excluding hydrogens is 409 g/mol. The Balaban J connectivity index is 1.41. The second-order valence-corrected chi connectivity index (χ2v) is 7.72. The molecule has 0 radical (unpaired) electrons. The molecule has 32 heavy (non-hydrogen) atoms. The molecule has 1 atom stereocenters. The van der Waals surface area contributed by atoms with Crippen LogP contribution in [0.4, 0.5) is 10.2 Å². The molecule has 1 aromatic carbocycles. The molecule has 8 nitrogen and oxygen atoms in total. The highest BCUT2D eigenvalue weighted by Gasteiger charge is 2.24. The number of benzene rings is 1. The lowest BCUT2D eigenvalue weighted by molar-refractivity contribution is 0.0950. The lowest BCUT2D eigenvalue weighted by Crippen LogP contribution is -2.23. The summed E-state index contributed by atoms with van der Waals surface area (Å²) in [6.07, 6.45) is 7.04. The third-order valence-corrected chi connectivity index (χ3v) is 5.61. The number of rotatable bonds is 5. The number of nitrogens with two attached hydrogens (primary N) is 1. The first-order valence-corrected chi connectivity index (χ1v) is 10.4. The lowest BCUT2D eigenvalue weighted by atomic mass is 10.1. The molecular formula is C23H22FN7O. The Bertz CT molecular complexity index is 1280. The van der Waals surface area contributed by atoms with Crippen LogP contribution in [0.5, 0.6) is 0 Å². The molecule has 4 aromatic rings. The zero-order valence-electron chi connectivity index (χ0n) is 17.3. The number of hydrogen-bond acceptors (Lipinski definition) is 6. The smallest absolute Gasteiger partial charge is 0.251 e. The van der Waals surface area contributed by atoms with E-state index >= 15 is 0 Å². The summed E-state index contributed by atoms with van der Waals surface area (Å²) in [7, 11) is 0. The van der Waals surface area contributed by atoms with E-state index in [4.69, 9.17) is 10.7 Å². The maximum absolute atomic E-state index is 13.3. The molecule has 1 fully saturated rings. The van der Waals surface area contributed by atoms with Gasteiger partial charge in [0.1, 0.15) is 28.7 Å². The van der Waals surface area contributed by atoms with Crippen molar-refractivity contribution in [2.75, 3.05) is 12.3 Å². The summed E-state index contributed by atoms with van der Waals surface area (Å²) in [6.45, 7) is 1.11. The SMILES string of the molecule is Nc1nccn2c([C@@H]3CCCN3)nc(-c3ccc(C(=O)NCc4cc(F)ccn4)cc3)c12. The third-order valence-electron chi connectivity index (χ3n) is 5.61. The van der Waals surface area contributed by atoms with Crippen molar-refractivity contribution in [2.24, 2.45) is 0 Å². The van der Waals surface area contributed by atoms with Crippen LogP contribution in [0.25, 0.3) is 16.8 Å². The number of carbonyl (C=O) groups is 1. The number of aromatic nitrogens is 4. The van der Waals surface area contributed by atoms with Crippen molar-refractivity contribution in [3.05, 3.63) is 77.9 Å². The maximum atomic E-state index is 13.3. The minimum atomic E-state index is -0.387. The zero-order valence-corrected chi connectivity index (χ0v) is 17.3. The Kier molecular flexibility index (Phi) is 5.24. The number of imidazole rings is 1. The quantitative estimate of drug-likeness (QED) is 0.448. The van der Waals surface area contributed by atoms with E-state index in [9.17, 15) is 9.18 Å². The highest BCUT2D eigenvalue weighted by molar-refractivity contribution is 5.95. The molecule has 1 aliphatic rings. The fourth-order valence-electron chi connectivity index (χ4n) is 4.04. The number of carbonyl (C=O) groups excluding carboxylic acids is 1. The average molecular weight is 431 g/mol. The van der Waals surface area contributed by atoms with Gasteiger partial charge in [0.15, 0.2) is 0 Å². The van der Waals surface area contributed by atoms with Gasteiger partial charge in [0, 0.05) is 29.7 Å².